The second-order valence-electron chi connectivity index (χ2n) is 9.28. The lowest BCUT2D eigenvalue weighted by Gasteiger charge is -2.32. The number of sulfonamides is 1. The molecule has 0 bridgehead atoms. The Labute approximate surface area is 236 Å². The first kappa shape index (κ1) is 30.5. The van der Waals surface area contributed by atoms with Crippen LogP contribution in [0.2, 0.25) is 0 Å². The van der Waals surface area contributed by atoms with Crippen molar-refractivity contribution in [3.8, 4) is 11.5 Å². The minimum atomic E-state index is -4.23. The van der Waals surface area contributed by atoms with Crippen molar-refractivity contribution in [2.45, 2.75) is 44.7 Å². The highest BCUT2D eigenvalue weighted by Crippen LogP contribution is 2.36. The van der Waals surface area contributed by atoms with Crippen LogP contribution in [0.25, 0.3) is 0 Å². The van der Waals surface area contributed by atoms with Gasteiger partial charge in [0.1, 0.15) is 24.1 Å². The molecule has 214 valence electrons. The molecule has 1 atom stereocenters. The normalized spacial score (nSPS) is 11.8. The van der Waals surface area contributed by atoms with Gasteiger partial charge in [0.2, 0.25) is 11.8 Å². The number of nitrogens with one attached hydrogen (secondary N) is 1. The highest BCUT2D eigenvalue weighted by Gasteiger charge is 2.34. The molecule has 9 nitrogen and oxygen atoms in total. The summed E-state index contributed by atoms with van der Waals surface area (Å²) in [4.78, 5) is 28.5. The predicted octanol–water partition coefficient (Wildman–Crippen LogP) is 4.15. The van der Waals surface area contributed by atoms with Crippen LogP contribution in [0, 0.1) is 6.92 Å². The molecule has 3 aromatic carbocycles. The lowest BCUT2D eigenvalue weighted by atomic mass is 10.1. The highest BCUT2D eigenvalue weighted by molar-refractivity contribution is 7.92. The molecule has 3 aromatic rings. The van der Waals surface area contributed by atoms with Gasteiger partial charge in [0.05, 0.1) is 24.8 Å². The lowest BCUT2D eigenvalue weighted by molar-refractivity contribution is -0.139. The summed E-state index contributed by atoms with van der Waals surface area (Å²) in [5, 5.41) is 2.84. The standard InChI is InChI=1S/C30H37N3O6S/c1-6-18-31-30(35)23(3)32(20-24-13-11-10-12-22(24)2)29(34)21-33(40(36,37)26-14-8-7-9-15-26)27-19-25(38-4)16-17-28(27)39-5/h7-17,19,23H,6,18,20-21H2,1-5H3,(H,31,35)/t23-/m1/s1. The Bertz CT molecular complexity index is 1410. The number of amides is 2. The predicted molar refractivity (Wildman–Crippen MR) is 155 cm³/mol. The van der Waals surface area contributed by atoms with Gasteiger partial charge < -0.3 is 19.7 Å². The fraction of sp³-hybridized carbons (Fsp3) is 0.333. The maximum atomic E-state index is 14.1. The van der Waals surface area contributed by atoms with Crippen LogP contribution in [0.5, 0.6) is 11.5 Å². The Kier molecular flexibility index (Phi) is 10.6. The molecule has 0 aromatic heterocycles. The summed E-state index contributed by atoms with van der Waals surface area (Å²) in [6.45, 7) is 5.52. The third-order valence-electron chi connectivity index (χ3n) is 6.58. The maximum Gasteiger partial charge on any atom is 0.264 e. The summed E-state index contributed by atoms with van der Waals surface area (Å²) in [7, 11) is -1.34. The molecule has 0 fully saturated rings. The molecule has 0 heterocycles. The number of hydrogen-bond donors (Lipinski definition) is 1. The van der Waals surface area contributed by atoms with Gasteiger partial charge in [0.25, 0.3) is 10.0 Å². The molecule has 0 radical (unpaired) electrons. The van der Waals surface area contributed by atoms with Crippen molar-refractivity contribution in [1.29, 1.82) is 0 Å². The molecule has 3 rings (SSSR count). The summed E-state index contributed by atoms with van der Waals surface area (Å²) in [6.07, 6.45) is 0.739. The lowest BCUT2D eigenvalue weighted by Crippen LogP contribution is -2.51. The van der Waals surface area contributed by atoms with Gasteiger partial charge in [0, 0.05) is 19.2 Å². The minimum absolute atomic E-state index is 0.00636. The van der Waals surface area contributed by atoms with E-state index in [4.69, 9.17) is 9.47 Å². The molecule has 0 aliphatic carbocycles. The van der Waals surface area contributed by atoms with E-state index in [0.717, 1.165) is 21.9 Å². The third-order valence-corrected chi connectivity index (χ3v) is 8.36. The largest absolute Gasteiger partial charge is 0.497 e. The van der Waals surface area contributed by atoms with Crippen molar-refractivity contribution < 1.29 is 27.5 Å². The van der Waals surface area contributed by atoms with Crippen molar-refractivity contribution in [3.05, 3.63) is 83.9 Å². The fourth-order valence-corrected chi connectivity index (χ4v) is 5.61. The number of methoxy groups -OCH3 is 2. The first-order valence-electron chi connectivity index (χ1n) is 13.1. The molecule has 0 aliphatic heterocycles. The maximum absolute atomic E-state index is 14.1. The van der Waals surface area contributed by atoms with Crippen LogP contribution in [0.3, 0.4) is 0 Å². The summed E-state index contributed by atoms with van der Waals surface area (Å²) in [5.41, 5.74) is 1.94. The van der Waals surface area contributed by atoms with Crippen molar-refractivity contribution in [2.75, 3.05) is 31.6 Å². The number of carbonyl (C=O) groups is 2. The Morgan fingerprint density at radius 2 is 1.62 bits per heavy atom. The highest BCUT2D eigenvalue weighted by atomic mass is 32.2. The molecule has 1 N–H and O–H groups in total. The van der Waals surface area contributed by atoms with Gasteiger partial charge in [-0.2, -0.15) is 0 Å². The van der Waals surface area contributed by atoms with Crippen molar-refractivity contribution >= 4 is 27.5 Å². The van der Waals surface area contributed by atoms with Crippen LogP contribution in [0.4, 0.5) is 5.69 Å². The zero-order chi connectivity index (χ0) is 29.3. The second-order valence-corrected chi connectivity index (χ2v) is 11.1. The van der Waals surface area contributed by atoms with Crippen molar-refractivity contribution in [1.82, 2.24) is 10.2 Å². The first-order chi connectivity index (χ1) is 19.1. The van der Waals surface area contributed by atoms with Gasteiger partial charge >= 0.3 is 0 Å². The number of benzene rings is 3. The van der Waals surface area contributed by atoms with Gasteiger partial charge in [-0.1, -0.05) is 49.4 Å². The van der Waals surface area contributed by atoms with E-state index in [-0.39, 0.29) is 28.8 Å². The van der Waals surface area contributed by atoms with Crippen LogP contribution in [0.15, 0.2) is 77.7 Å². The zero-order valence-electron chi connectivity index (χ0n) is 23.6. The van der Waals surface area contributed by atoms with Crippen molar-refractivity contribution in [3.63, 3.8) is 0 Å². The molecule has 40 heavy (non-hydrogen) atoms. The van der Waals surface area contributed by atoms with Crippen molar-refractivity contribution in [2.24, 2.45) is 0 Å². The number of nitrogens with zero attached hydrogens (tertiary/aromatic N) is 2. The Morgan fingerprint density at radius 3 is 2.25 bits per heavy atom. The van der Waals surface area contributed by atoms with Crippen LogP contribution < -0.4 is 19.1 Å². The topological polar surface area (TPSA) is 105 Å². The fourth-order valence-electron chi connectivity index (χ4n) is 4.17. The molecule has 0 unspecified atom stereocenters. The van der Waals surface area contributed by atoms with E-state index >= 15 is 0 Å². The van der Waals surface area contributed by atoms with E-state index in [1.54, 1.807) is 37.3 Å². The van der Waals surface area contributed by atoms with E-state index in [2.05, 4.69) is 5.32 Å². The molecule has 2 amide bonds. The Hall–Kier alpha value is -4.05. The first-order valence-corrected chi connectivity index (χ1v) is 14.5. The number of aryl methyl sites for hydroxylation is 1. The summed E-state index contributed by atoms with van der Waals surface area (Å²) in [6, 6.07) is 19.3. The smallest absolute Gasteiger partial charge is 0.264 e. The van der Waals surface area contributed by atoms with Crippen LogP contribution in [0.1, 0.15) is 31.4 Å². The molecule has 0 spiro atoms. The monoisotopic (exact) mass is 567 g/mol. The van der Waals surface area contributed by atoms with Crippen LogP contribution in [-0.2, 0) is 26.2 Å². The molecular formula is C30H37N3O6S. The molecule has 0 saturated heterocycles. The third kappa shape index (κ3) is 7.12. The minimum Gasteiger partial charge on any atom is -0.497 e. The van der Waals surface area contributed by atoms with Gasteiger partial charge in [-0.05, 0) is 55.7 Å². The van der Waals surface area contributed by atoms with Crippen LogP contribution >= 0.6 is 0 Å². The van der Waals surface area contributed by atoms with E-state index in [1.807, 2.05) is 38.1 Å². The van der Waals surface area contributed by atoms with Gasteiger partial charge in [-0.15, -0.1) is 0 Å². The quantitative estimate of drug-likeness (QED) is 0.333. The average Bonchev–Trinajstić information content (AvgIpc) is 2.97. The van der Waals surface area contributed by atoms with E-state index in [0.29, 0.717) is 12.3 Å². The van der Waals surface area contributed by atoms with E-state index in [1.165, 1.54) is 37.3 Å². The molecular weight excluding hydrogens is 530 g/mol. The number of rotatable bonds is 13. The van der Waals surface area contributed by atoms with E-state index in [9.17, 15) is 18.0 Å². The Morgan fingerprint density at radius 1 is 0.950 bits per heavy atom. The summed E-state index contributed by atoms with van der Waals surface area (Å²) >= 11 is 0. The van der Waals surface area contributed by atoms with Crippen LogP contribution in [-0.4, -0.2) is 58.5 Å². The number of hydrogen-bond acceptors (Lipinski definition) is 6. The number of ether oxygens (including phenoxy) is 2. The van der Waals surface area contributed by atoms with Gasteiger partial charge in [-0.25, -0.2) is 8.42 Å². The summed E-state index contributed by atoms with van der Waals surface area (Å²) in [5.74, 6) is -0.236. The second kappa shape index (κ2) is 13.8. The van der Waals surface area contributed by atoms with Gasteiger partial charge in [-0.3, -0.25) is 13.9 Å². The SMILES string of the molecule is CCCNC(=O)[C@@H](C)N(Cc1ccccc1C)C(=O)CN(c1cc(OC)ccc1OC)S(=O)(=O)c1ccccc1. The molecule has 10 heteroatoms. The number of carbonyl (C=O) groups excluding carboxylic acids is 2. The molecule has 0 aliphatic rings. The zero-order valence-corrected chi connectivity index (χ0v) is 24.4. The summed E-state index contributed by atoms with van der Waals surface area (Å²) < 4.78 is 39.8. The van der Waals surface area contributed by atoms with E-state index < -0.39 is 28.5 Å². The number of anilines is 1. The average molecular weight is 568 g/mol. The molecule has 0 saturated carbocycles. The Balaban J connectivity index is 2.11. The van der Waals surface area contributed by atoms with Gasteiger partial charge in [0.15, 0.2) is 0 Å².